The molecule has 0 radical (unpaired) electrons. The summed E-state index contributed by atoms with van der Waals surface area (Å²) >= 11 is 5.87. The van der Waals surface area contributed by atoms with E-state index in [2.05, 4.69) is 32.1 Å². The molecule has 0 fully saturated rings. The van der Waals surface area contributed by atoms with Crippen LogP contribution in [0.25, 0.3) is 11.2 Å². The molecule has 0 unspecified atom stereocenters. The summed E-state index contributed by atoms with van der Waals surface area (Å²) in [6, 6.07) is 7.79. The number of benzene rings is 1. The quantitative estimate of drug-likeness (QED) is 0.329. The fraction of sp³-hybridized carbons (Fsp3) is 0.364. The lowest BCUT2D eigenvalue weighted by Crippen LogP contribution is -2.24. The molecule has 0 bridgehead atoms. The number of carbonyl (C=O) groups is 1. The number of halogens is 1. The van der Waals surface area contributed by atoms with Crippen molar-refractivity contribution in [2.45, 2.75) is 39.8 Å². The first-order valence-electron chi connectivity index (χ1n) is 10.1. The number of nitrogen functional groups attached to an aromatic ring is 1. The number of hydrogen-bond donors (Lipinski definition) is 2. The average Bonchev–Trinajstić information content (AvgIpc) is 3.14. The Morgan fingerprint density at radius 2 is 2.16 bits per heavy atom. The van der Waals surface area contributed by atoms with Gasteiger partial charge in [-0.2, -0.15) is 9.97 Å². The Labute approximate surface area is 186 Å². The minimum Gasteiger partial charge on any atom is -0.450 e. The fourth-order valence-electron chi connectivity index (χ4n) is 2.86. The second-order valence-electron chi connectivity index (χ2n) is 7.31. The van der Waals surface area contributed by atoms with Crippen molar-refractivity contribution < 1.29 is 9.53 Å². The number of nitrogens with one attached hydrogen (secondary N) is 1. The maximum absolute atomic E-state index is 11.9. The predicted octanol–water partition coefficient (Wildman–Crippen LogP) is 3.78. The smallest absolute Gasteiger partial charge is 0.407 e. The average molecular weight is 441 g/mol. The molecule has 3 rings (SSSR count). The Morgan fingerprint density at radius 3 is 2.97 bits per heavy atom. The molecule has 31 heavy (non-hydrogen) atoms. The Hall–Kier alpha value is -3.31. The molecule has 0 aliphatic rings. The van der Waals surface area contributed by atoms with Crippen molar-refractivity contribution in [3.63, 3.8) is 0 Å². The maximum Gasteiger partial charge on any atom is 0.407 e. The molecule has 8 nitrogen and oxygen atoms in total. The summed E-state index contributed by atoms with van der Waals surface area (Å²) in [7, 11) is 0. The summed E-state index contributed by atoms with van der Waals surface area (Å²) in [6.45, 7) is 5.45. The van der Waals surface area contributed by atoms with Gasteiger partial charge in [0.05, 0.1) is 12.9 Å². The third kappa shape index (κ3) is 6.59. The van der Waals surface area contributed by atoms with E-state index in [1.54, 1.807) is 6.33 Å². The number of amides is 1. The van der Waals surface area contributed by atoms with Crippen LogP contribution in [0.4, 0.5) is 10.6 Å². The van der Waals surface area contributed by atoms with Gasteiger partial charge in [-0.3, -0.25) is 0 Å². The first-order valence-corrected chi connectivity index (χ1v) is 10.4. The van der Waals surface area contributed by atoms with Crippen LogP contribution in [-0.2, 0) is 17.8 Å². The third-order valence-corrected chi connectivity index (χ3v) is 4.53. The van der Waals surface area contributed by atoms with Gasteiger partial charge in [0, 0.05) is 24.6 Å². The van der Waals surface area contributed by atoms with Crippen molar-refractivity contribution in [1.82, 2.24) is 24.8 Å². The summed E-state index contributed by atoms with van der Waals surface area (Å²) in [5.74, 6) is 6.83. The number of fused-ring (bicyclic) bond motifs is 1. The van der Waals surface area contributed by atoms with Crippen LogP contribution in [0, 0.1) is 17.8 Å². The second-order valence-corrected chi connectivity index (χ2v) is 7.65. The molecule has 0 aliphatic carbocycles. The number of hydrogen-bond acceptors (Lipinski definition) is 6. The van der Waals surface area contributed by atoms with Crippen LogP contribution in [0.5, 0.6) is 0 Å². The third-order valence-electron chi connectivity index (χ3n) is 4.36. The standard InChI is InChI=1S/C22H25ClN6O2/c1-15(2)8-9-16-6-5-7-17(12-16)13-25-22(30)31-11-4-3-10-29-14-26-18-19(24)27-21(23)28-20(18)29/h5-7,12,14-15H,3-4,10-11,13H2,1-2H3,(H,25,30)(H2,24,27,28). The summed E-state index contributed by atoms with van der Waals surface area (Å²) in [6.07, 6.45) is 2.68. The molecule has 0 atom stereocenters. The van der Waals surface area contributed by atoms with Crippen molar-refractivity contribution in [3.8, 4) is 11.8 Å². The van der Waals surface area contributed by atoms with E-state index in [0.29, 0.717) is 43.2 Å². The summed E-state index contributed by atoms with van der Waals surface area (Å²) < 4.78 is 7.10. The first-order chi connectivity index (χ1) is 14.9. The maximum atomic E-state index is 11.9. The molecule has 3 N–H and O–H groups in total. The Morgan fingerprint density at radius 1 is 1.32 bits per heavy atom. The van der Waals surface area contributed by atoms with Crippen LogP contribution in [0.2, 0.25) is 5.28 Å². The van der Waals surface area contributed by atoms with Crippen molar-refractivity contribution in [3.05, 3.63) is 47.0 Å². The Balaban J connectivity index is 1.39. The highest BCUT2D eigenvalue weighted by molar-refractivity contribution is 6.28. The number of ether oxygens (including phenoxy) is 1. The number of nitrogens with two attached hydrogens (primary N) is 1. The highest BCUT2D eigenvalue weighted by Gasteiger charge is 2.10. The number of imidazole rings is 1. The van der Waals surface area contributed by atoms with Gasteiger partial charge in [-0.05, 0) is 42.1 Å². The Kier molecular flexibility index (Phi) is 7.68. The SMILES string of the molecule is CC(C)C#Cc1cccc(CNC(=O)OCCCCn2cnc3c(N)nc(Cl)nc32)c1. The predicted molar refractivity (Wildman–Crippen MR) is 120 cm³/mol. The van der Waals surface area contributed by atoms with E-state index in [1.807, 2.05) is 42.7 Å². The largest absolute Gasteiger partial charge is 0.450 e. The number of aromatic nitrogens is 4. The zero-order valence-corrected chi connectivity index (χ0v) is 18.3. The highest BCUT2D eigenvalue weighted by Crippen LogP contribution is 2.18. The molecular formula is C22H25ClN6O2. The van der Waals surface area contributed by atoms with E-state index < -0.39 is 6.09 Å². The topological polar surface area (TPSA) is 108 Å². The van der Waals surface area contributed by atoms with E-state index in [4.69, 9.17) is 22.1 Å². The van der Waals surface area contributed by atoms with Gasteiger partial charge in [-0.15, -0.1) is 0 Å². The number of aryl methyl sites for hydroxylation is 1. The molecule has 162 valence electrons. The minimum absolute atomic E-state index is 0.0873. The van der Waals surface area contributed by atoms with Crippen LogP contribution in [0.1, 0.15) is 37.8 Å². The second kappa shape index (κ2) is 10.6. The van der Waals surface area contributed by atoms with Crippen LogP contribution < -0.4 is 11.1 Å². The van der Waals surface area contributed by atoms with Gasteiger partial charge in [-0.1, -0.05) is 37.8 Å². The monoisotopic (exact) mass is 440 g/mol. The van der Waals surface area contributed by atoms with E-state index in [0.717, 1.165) is 17.5 Å². The van der Waals surface area contributed by atoms with Crippen molar-refractivity contribution in [1.29, 1.82) is 0 Å². The van der Waals surface area contributed by atoms with Crippen molar-refractivity contribution >= 4 is 34.7 Å². The minimum atomic E-state index is -0.445. The molecule has 2 aromatic heterocycles. The molecule has 0 aliphatic heterocycles. The lowest BCUT2D eigenvalue weighted by molar-refractivity contribution is 0.143. The van der Waals surface area contributed by atoms with Gasteiger partial charge in [0.1, 0.15) is 5.52 Å². The lowest BCUT2D eigenvalue weighted by atomic mass is 10.1. The molecule has 2 heterocycles. The van der Waals surface area contributed by atoms with Crippen LogP contribution in [0.15, 0.2) is 30.6 Å². The van der Waals surface area contributed by atoms with Crippen LogP contribution >= 0.6 is 11.6 Å². The van der Waals surface area contributed by atoms with E-state index >= 15 is 0 Å². The van der Waals surface area contributed by atoms with Gasteiger partial charge in [0.15, 0.2) is 11.5 Å². The van der Waals surface area contributed by atoms with Crippen LogP contribution in [-0.4, -0.2) is 32.2 Å². The molecule has 3 aromatic rings. The van der Waals surface area contributed by atoms with Gasteiger partial charge in [0.25, 0.3) is 0 Å². The lowest BCUT2D eigenvalue weighted by Gasteiger charge is -2.08. The molecule has 0 saturated heterocycles. The molecule has 1 amide bonds. The number of rotatable bonds is 7. The summed E-state index contributed by atoms with van der Waals surface area (Å²) in [4.78, 5) is 24.2. The molecule has 0 spiro atoms. The van der Waals surface area contributed by atoms with Crippen LogP contribution in [0.3, 0.4) is 0 Å². The molecule has 1 aromatic carbocycles. The van der Waals surface area contributed by atoms with Crippen molar-refractivity contribution in [2.75, 3.05) is 12.3 Å². The molecule has 0 saturated carbocycles. The fourth-order valence-corrected chi connectivity index (χ4v) is 3.03. The number of alkyl carbamates (subject to hydrolysis) is 1. The first kappa shape index (κ1) is 22.4. The number of anilines is 1. The molecular weight excluding hydrogens is 416 g/mol. The van der Waals surface area contributed by atoms with Gasteiger partial charge in [-0.25, -0.2) is 9.78 Å². The normalized spacial score (nSPS) is 10.7. The van der Waals surface area contributed by atoms with Crippen molar-refractivity contribution in [2.24, 2.45) is 5.92 Å². The van der Waals surface area contributed by atoms with Gasteiger partial charge < -0.3 is 20.4 Å². The zero-order valence-electron chi connectivity index (χ0n) is 17.6. The van der Waals surface area contributed by atoms with E-state index in [-0.39, 0.29) is 11.1 Å². The number of unbranched alkanes of at least 4 members (excludes halogenated alkanes) is 1. The molecule has 9 heteroatoms. The van der Waals surface area contributed by atoms with E-state index in [1.165, 1.54) is 0 Å². The summed E-state index contributed by atoms with van der Waals surface area (Å²) in [5, 5.41) is 2.85. The highest BCUT2D eigenvalue weighted by atomic mass is 35.5. The zero-order chi connectivity index (χ0) is 22.2. The number of nitrogens with zero attached hydrogens (tertiary/aromatic N) is 4. The summed E-state index contributed by atoms with van der Waals surface area (Å²) in [5.41, 5.74) is 8.83. The van der Waals surface area contributed by atoms with Gasteiger partial charge >= 0.3 is 6.09 Å². The van der Waals surface area contributed by atoms with E-state index in [9.17, 15) is 4.79 Å². The van der Waals surface area contributed by atoms with Gasteiger partial charge in [0.2, 0.25) is 5.28 Å². The number of carbonyl (C=O) groups excluding carboxylic acids is 1. The Bertz CT molecular complexity index is 1120.